The largest absolute Gasteiger partial charge is 0.375 e. The number of carbonyl (C=O) groups is 1. The zero-order valence-electron chi connectivity index (χ0n) is 9.44. The van der Waals surface area contributed by atoms with E-state index in [0.717, 1.165) is 5.56 Å². The van der Waals surface area contributed by atoms with Gasteiger partial charge < -0.3 is 10.1 Å². The quantitative estimate of drug-likeness (QED) is 0.742. The molecule has 0 saturated heterocycles. The first-order valence-corrected chi connectivity index (χ1v) is 6.14. The molecule has 1 aromatic heterocycles. The first kappa shape index (κ1) is 12.9. The maximum atomic E-state index is 11.4. The lowest BCUT2D eigenvalue weighted by Gasteiger charge is -2.14. The smallest absolute Gasteiger partial charge is 0.220 e. The molecule has 0 unspecified atom stereocenters. The van der Waals surface area contributed by atoms with Gasteiger partial charge in [0.1, 0.15) is 6.10 Å². The van der Waals surface area contributed by atoms with Crippen molar-refractivity contribution in [3.63, 3.8) is 0 Å². The maximum absolute atomic E-state index is 11.4. The predicted molar refractivity (Wildman–Crippen MR) is 66.5 cm³/mol. The minimum absolute atomic E-state index is 0.0391. The first-order valence-electron chi connectivity index (χ1n) is 5.20. The molecule has 1 rings (SSSR count). The lowest BCUT2D eigenvalue weighted by atomic mass is 10.2. The second-order valence-electron chi connectivity index (χ2n) is 3.41. The summed E-state index contributed by atoms with van der Waals surface area (Å²) in [5, 5.41) is 6.88. The monoisotopic (exact) mass is 239 g/mol. The molecule has 4 heteroatoms. The maximum Gasteiger partial charge on any atom is 0.220 e. The van der Waals surface area contributed by atoms with E-state index >= 15 is 0 Å². The van der Waals surface area contributed by atoms with E-state index in [4.69, 9.17) is 4.74 Å². The van der Waals surface area contributed by atoms with Crippen LogP contribution in [0.15, 0.2) is 29.5 Å². The van der Waals surface area contributed by atoms with Gasteiger partial charge in [0.05, 0.1) is 0 Å². The van der Waals surface area contributed by atoms with Gasteiger partial charge in [0.2, 0.25) is 5.91 Å². The molecule has 1 atom stereocenters. The van der Waals surface area contributed by atoms with Crippen molar-refractivity contribution < 1.29 is 9.53 Å². The van der Waals surface area contributed by atoms with E-state index in [9.17, 15) is 4.79 Å². The Morgan fingerprint density at radius 1 is 1.75 bits per heavy atom. The van der Waals surface area contributed by atoms with Crippen LogP contribution >= 0.6 is 11.3 Å². The Morgan fingerprint density at radius 3 is 3.12 bits per heavy atom. The summed E-state index contributed by atoms with van der Waals surface area (Å²) in [7, 11) is 1.65. The Labute approximate surface area is 100 Å². The molecule has 0 aliphatic rings. The third kappa shape index (κ3) is 4.16. The van der Waals surface area contributed by atoms with Crippen LogP contribution in [0, 0.1) is 0 Å². The number of rotatable bonds is 7. The molecule has 1 N–H and O–H groups in total. The molecule has 0 saturated carbocycles. The minimum Gasteiger partial charge on any atom is -0.375 e. The Morgan fingerprint density at radius 2 is 2.56 bits per heavy atom. The summed E-state index contributed by atoms with van der Waals surface area (Å²) < 4.78 is 5.32. The second kappa shape index (κ2) is 7.19. The van der Waals surface area contributed by atoms with E-state index in [2.05, 4.69) is 11.9 Å². The van der Waals surface area contributed by atoms with Gasteiger partial charge in [0, 0.05) is 20.1 Å². The van der Waals surface area contributed by atoms with Crippen molar-refractivity contribution in [2.24, 2.45) is 0 Å². The first-order chi connectivity index (χ1) is 7.77. The number of hydrogen-bond donors (Lipinski definition) is 1. The van der Waals surface area contributed by atoms with Crippen LogP contribution in [0.4, 0.5) is 0 Å². The van der Waals surface area contributed by atoms with Gasteiger partial charge in [-0.1, -0.05) is 6.08 Å². The number of allylic oxidation sites excluding steroid dienone is 1. The van der Waals surface area contributed by atoms with Crippen LogP contribution in [-0.2, 0) is 9.53 Å². The summed E-state index contributed by atoms with van der Waals surface area (Å²) in [6, 6.07) is 2.01. The minimum atomic E-state index is -0.0565. The Bertz CT molecular complexity index is 322. The molecule has 16 heavy (non-hydrogen) atoms. The van der Waals surface area contributed by atoms with Gasteiger partial charge in [-0.25, -0.2) is 0 Å². The molecule has 1 amide bonds. The van der Waals surface area contributed by atoms with Crippen molar-refractivity contribution in [1.82, 2.24) is 5.32 Å². The highest BCUT2D eigenvalue weighted by atomic mass is 32.1. The Hall–Kier alpha value is -1.13. The average Bonchev–Trinajstić information content (AvgIpc) is 2.81. The standard InChI is InChI=1S/C12H17NO2S/c1-3-4-5-12(14)13-8-11(15-2)10-6-7-16-9-10/h3,6-7,9,11H,1,4-5,8H2,2H3,(H,13,14)/t11-/m0/s1. The molecule has 0 radical (unpaired) electrons. The van der Waals surface area contributed by atoms with E-state index in [0.29, 0.717) is 19.4 Å². The van der Waals surface area contributed by atoms with E-state index in [1.165, 1.54) is 0 Å². The number of amides is 1. The molecule has 88 valence electrons. The molecule has 1 aromatic rings. The molecule has 0 aliphatic carbocycles. The number of ether oxygens (including phenoxy) is 1. The fraction of sp³-hybridized carbons (Fsp3) is 0.417. The van der Waals surface area contributed by atoms with Gasteiger partial charge >= 0.3 is 0 Å². The second-order valence-corrected chi connectivity index (χ2v) is 4.19. The summed E-state index contributed by atoms with van der Waals surface area (Å²) in [4.78, 5) is 11.4. The number of carbonyl (C=O) groups excluding carboxylic acids is 1. The molecule has 0 aromatic carbocycles. The molecule has 0 spiro atoms. The zero-order valence-corrected chi connectivity index (χ0v) is 10.3. The Balaban J connectivity index is 2.34. The topological polar surface area (TPSA) is 38.3 Å². The summed E-state index contributed by atoms with van der Waals surface area (Å²) in [6.45, 7) is 4.10. The van der Waals surface area contributed by atoms with Crippen molar-refractivity contribution >= 4 is 17.2 Å². The van der Waals surface area contributed by atoms with Crippen LogP contribution in [0.2, 0.25) is 0 Å². The number of hydrogen-bond acceptors (Lipinski definition) is 3. The van der Waals surface area contributed by atoms with Crippen LogP contribution in [-0.4, -0.2) is 19.6 Å². The summed E-state index contributed by atoms with van der Waals surface area (Å²) in [5.41, 5.74) is 1.11. The summed E-state index contributed by atoms with van der Waals surface area (Å²) in [6.07, 6.45) is 2.89. The molecule has 3 nitrogen and oxygen atoms in total. The van der Waals surface area contributed by atoms with Gasteiger partial charge in [-0.05, 0) is 28.8 Å². The average molecular weight is 239 g/mol. The van der Waals surface area contributed by atoms with Gasteiger partial charge in [-0.3, -0.25) is 4.79 Å². The lowest BCUT2D eigenvalue weighted by Crippen LogP contribution is -2.28. The molecule has 0 fully saturated rings. The van der Waals surface area contributed by atoms with Gasteiger partial charge in [0.25, 0.3) is 0 Å². The molecule has 1 heterocycles. The third-order valence-corrected chi connectivity index (χ3v) is 2.96. The van der Waals surface area contributed by atoms with Crippen LogP contribution < -0.4 is 5.32 Å². The predicted octanol–water partition coefficient (Wildman–Crippen LogP) is 2.52. The van der Waals surface area contributed by atoms with Crippen molar-refractivity contribution in [2.45, 2.75) is 18.9 Å². The van der Waals surface area contributed by atoms with Gasteiger partial charge in [0.15, 0.2) is 0 Å². The van der Waals surface area contributed by atoms with Gasteiger partial charge in [-0.2, -0.15) is 11.3 Å². The summed E-state index contributed by atoms with van der Waals surface area (Å²) >= 11 is 1.63. The van der Waals surface area contributed by atoms with Crippen molar-refractivity contribution in [2.75, 3.05) is 13.7 Å². The van der Waals surface area contributed by atoms with Crippen molar-refractivity contribution in [3.05, 3.63) is 35.0 Å². The van der Waals surface area contributed by atoms with Crippen LogP contribution in [0.3, 0.4) is 0 Å². The van der Waals surface area contributed by atoms with E-state index in [1.54, 1.807) is 24.5 Å². The third-order valence-electron chi connectivity index (χ3n) is 2.26. The van der Waals surface area contributed by atoms with Crippen molar-refractivity contribution in [1.29, 1.82) is 0 Å². The van der Waals surface area contributed by atoms with Crippen LogP contribution in [0.1, 0.15) is 24.5 Å². The molecular weight excluding hydrogens is 222 g/mol. The molecule has 0 aliphatic heterocycles. The number of thiophene rings is 1. The molecular formula is C12H17NO2S. The highest BCUT2D eigenvalue weighted by Crippen LogP contribution is 2.18. The van der Waals surface area contributed by atoms with Crippen molar-refractivity contribution in [3.8, 4) is 0 Å². The highest BCUT2D eigenvalue weighted by molar-refractivity contribution is 7.07. The summed E-state index contributed by atoms with van der Waals surface area (Å²) in [5.74, 6) is 0.0391. The lowest BCUT2D eigenvalue weighted by molar-refractivity contribution is -0.121. The fourth-order valence-electron chi connectivity index (χ4n) is 1.32. The fourth-order valence-corrected chi connectivity index (χ4v) is 2.03. The number of nitrogens with one attached hydrogen (secondary N) is 1. The van der Waals surface area contributed by atoms with Crippen LogP contribution in [0.5, 0.6) is 0 Å². The highest BCUT2D eigenvalue weighted by Gasteiger charge is 2.11. The Kier molecular flexibility index (Phi) is 5.82. The normalized spacial score (nSPS) is 12.1. The zero-order chi connectivity index (χ0) is 11.8. The van der Waals surface area contributed by atoms with E-state index in [-0.39, 0.29) is 12.0 Å². The molecule has 0 bridgehead atoms. The SMILES string of the molecule is C=CCCC(=O)NC[C@H](OC)c1ccsc1. The van der Waals surface area contributed by atoms with Gasteiger partial charge in [-0.15, -0.1) is 6.58 Å². The van der Waals surface area contributed by atoms with Crippen LogP contribution in [0.25, 0.3) is 0 Å². The van der Waals surface area contributed by atoms with E-state index in [1.807, 2.05) is 16.8 Å². The van der Waals surface area contributed by atoms with E-state index < -0.39 is 0 Å². The number of methoxy groups -OCH3 is 1.